The van der Waals surface area contributed by atoms with Crippen LogP contribution in [0, 0.1) is 0 Å². The molecule has 0 unspecified atom stereocenters. The zero-order valence-corrected chi connectivity index (χ0v) is 23.9. The number of methoxy groups -OCH3 is 1. The fourth-order valence-corrected chi connectivity index (χ4v) is 7.38. The molecule has 12 nitrogen and oxygen atoms in total. The van der Waals surface area contributed by atoms with E-state index in [1.165, 1.54) is 17.3 Å². The number of carbonyl (C=O) groups is 5. The normalized spacial score (nSPS) is 12.1. The minimum atomic E-state index is -1.25. The third-order valence-corrected chi connectivity index (χ3v) is 9.54. The first-order chi connectivity index (χ1) is 18.5. The molecule has 0 fully saturated rings. The number of halogens is 1. The van der Waals surface area contributed by atoms with Gasteiger partial charge < -0.3 is 0 Å². The van der Waals surface area contributed by atoms with Gasteiger partial charge in [-0.1, -0.05) is 0 Å². The van der Waals surface area contributed by atoms with E-state index in [0.29, 0.717) is 22.0 Å². The number of anilines is 1. The second kappa shape index (κ2) is 16.0. The third kappa shape index (κ3) is 10.8. The topological polar surface area (TPSA) is 197 Å². The van der Waals surface area contributed by atoms with Gasteiger partial charge in [-0.2, -0.15) is 0 Å². The fourth-order valence-electron chi connectivity index (χ4n) is 2.97. The summed E-state index contributed by atoms with van der Waals surface area (Å²) in [6.45, 7) is -0.636. The summed E-state index contributed by atoms with van der Waals surface area (Å²) in [7, 11) is 2.76. The molecule has 210 valence electrons. The third-order valence-electron chi connectivity index (χ3n) is 4.99. The molecule has 0 aliphatic carbocycles. The average Bonchev–Trinajstić information content (AvgIpc) is 2.90. The molecule has 0 aliphatic heterocycles. The van der Waals surface area contributed by atoms with Crippen molar-refractivity contribution in [3.05, 3.63) is 53.1 Å². The predicted molar refractivity (Wildman–Crippen MR) is 148 cm³/mol. The van der Waals surface area contributed by atoms with Crippen molar-refractivity contribution in [2.24, 2.45) is 5.73 Å². The van der Waals surface area contributed by atoms with Crippen LogP contribution in [-0.2, 0) is 19.2 Å². The Morgan fingerprint density at radius 1 is 1.13 bits per heavy atom. The molecule has 2 aromatic rings. The number of carboxylic acid groups (broad SMARTS) is 2. The summed E-state index contributed by atoms with van der Waals surface area (Å²) in [5, 5.41) is 25.7. The van der Waals surface area contributed by atoms with Gasteiger partial charge in [0.25, 0.3) is 0 Å². The number of aliphatic carboxylic acids is 2. The van der Waals surface area contributed by atoms with Crippen LogP contribution in [0.5, 0.6) is 5.75 Å². The summed E-state index contributed by atoms with van der Waals surface area (Å²) in [4.78, 5) is 59.5. The monoisotopic (exact) mass is 646 g/mol. The van der Waals surface area contributed by atoms with Crippen molar-refractivity contribution >= 4 is 75.4 Å². The molecule has 2 rings (SSSR count). The molecule has 15 heteroatoms. The molecule has 2 atom stereocenters. The maximum absolute atomic E-state index is 13.0. The van der Waals surface area contributed by atoms with Crippen LogP contribution < -0.4 is 30.9 Å². The summed E-state index contributed by atoms with van der Waals surface area (Å²) < 4.78 is 5.90. The first-order valence-electron chi connectivity index (χ1n) is 11.3. The van der Waals surface area contributed by atoms with Crippen molar-refractivity contribution in [3.8, 4) is 5.75 Å². The van der Waals surface area contributed by atoms with E-state index in [-0.39, 0.29) is 38.3 Å². The number of hydrogen-bond donors (Lipinski definition) is 6. The van der Waals surface area contributed by atoms with E-state index >= 15 is 0 Å². The zero-order valence-electron chi connectivity index (χ0n) is 20.6. The summed E-state index contributed by atoms with van der Waals surface area (Å²) in [5.74, 6) is -3.71. The molecule has 0 saturated carbocycles. The summed E-state index contributed by atoms with van der Waals surface area (Å²) in [6.07, 6.45) is -0.367. The van der Waals surface area contributed by atoms with Gasteiger partial charge in [0.05, 0.1) is 0 Å². The van der Waals surface area contributed by atoms with Crippen LogP contribution in [0.3, 0.4) is 0 Å². The Labute approximate surface area is 238 Å². The summed E-state index contributed by atoms with van der Waals surface area (Å²) in [5.41, 5.74) is 6.32. The Morgan fingerprint density at radius 3 is 2.51 bits per heavy atom. The Bertz CT molecular complexity index is 1220. The Hall–Kier alpha value is -3.29. The van der Waals surface area contributed by atoms with Crippen LogP contribution in [0.4, 0.5) is 5.69 Å². The molecular weight excluding hydrogens is 619 g/mol. The zero-order chi connectivity index (χ0) is 28.9. The summed E-state index contributed by atoms with van der Waals surface area (Å²) >= 11 is 5.66. The second-order valence-corrected chi connectivity index (χ2v) is 12.5. The van der Waals surface area contributed by atoms with Gasteiger partial charge in [-0.05, 0) is 0 Å². The van der Waals surface area contributed by atoms with Crippen molar-refractivity contribution in [2.45, 2.75) is 24.9 Å². The van der Waals surface area contributed by atoms with Crippen LogP contribution in [0.25, 0.3) is 0 Å². The van der Waals surface area contributed by atoms with Gasteiger partial charge in [-0.15, -0.1) is 0 Å². The van der Waals surface area contributed by atoms with Crippen LogP contribution >= 0.6 is 21.8 Å². The number of benzene rings is 2. The Morgan fingerprint density at radius 2 is 1.85 bits per heavy atom. The standard InChI is InChI=1S/C24H27ClN4O8SSe/c1-37-18-10-13(6-7-15(18)25)28-22(33)14-4-2-3-5-19(14)39-38-12-17(23(34)27-11-21(31)32)29-20(30)9-8-16(26)24(35)36/h2-7,10,16-17H,8-9,11-12,26H2,1H3,(H,27,34)(H,28,33)(H,29,30)(H,31,32)(H,35,36)/t16-,17-/m1/s1. The Balaban J connectivity index is 2.06. The number of ether oxygens (including phenoxy) is 1. The van der Waals surface area contributed by atoms with Gasteiger partial charge in [0.15, 0.2) is 0 Å². The van der Waals surface area contributed by atoms with E-state index in [1.54, 1.807) is 42.5 Å². The molecule has 39 heavy (non-hydrogen) atoms. The first-order valence-corrected chi connectivity index (χ1v) is 15.6. The SMILES string of the molecule is COc1cc(NC(=O)c2ccccc2[Se]SC[C@@H](NC(=O)CC[C@@H](N)C(=O)O)C(=O)NCC(=O)O)ccc1Cl. The van der Waals surface area contributed by atoms with Crippen molar-refractivity contribution in [1.29, 1.82) is 0 Å². The van der Waals surface area contributed by atoms with Gasteiger partial charge in [0.2, 0.25) is 0 Å². The van der Waals surface area contributed by atoms with Gasteiger partial charge in [0.1, 0.15) is 0 Å². The number of carboxylic acids is 2. The van der Waals surface area contributed by atoms with E-state index in [2.05, 4.69) is 16.0 Å². The van der Waals surface area contributed by atoms with E-state index in [1.807, 2.05) is 0 Å². The van der Waals surface area contributed by atoms with Crippen molar-refractivity contribution in [1.82, 2.24) is 10.6 Å². The molecular formula is C24H27ClN4O8SSe. The molecule has 0 aromatic heterocycles. The van der Waals surface area contributed by atoms with Gasteiger partial charge in [0, 0.05) is 0 Å². The van der Waals surface area contributed by atoms with Crippen LogP contribution in [0.2, 0.25) is 5.02 Å². The molecule has 7 N–H and O–H groups in total. The quantitative estimate of drug-likeness (QED) is 0.148. The molecule has 0 heterocycles. The minimum absolute atomic E-state index is 0.0759. The molecule has 0 radical (unpaired) electrons. The molecule has 3 amide bonds. The maximum atomic E-state index is 13.0. The number of rotatable bonds is 15. The van der Waals surface area contributed by atoms with E-state index in [0.717, 1.165) is 4.46 Å². The van der Waals surface area contributed by atoms with Crippen LogP contribution in [-0.4, -0.2) is 85.2 Å². The number of nitrogens with two attached hydrogens (primary N) is 1. The number of nitrogens with one attached hydrogen (secondary N) is 3. The van der Waals surface area contributed by atoms with E-state index < -0.39 is 42.4 Å². The van der Waals surface area contributed by atoms with Crippen LogP contribution in [0.15, 0.2) is 42.5 Å². The predicted octanol–water partition coefficient (Wildman–Crippen LogP) is 0.456. The molecule has 0 saturated heterocycles. The fraction of sp³-hybridized carbons (Fsp3) is 0.292. The van der Waals surface area contributed by atoms with Crippen molar-refractivity contribution in [3.63, 3.8) is 0 Å². The summed E-state index contributed by atoms with van der Waals surface area (Å²) in [6, 6.07) is 9.42. The molecule has 0 spiro atoms. The molecule has 0 aliphatic rings. The van der Waals surface area contributed by atoms with Crippen LogP contribution in [0.1, 0.15) is 23.2 Å². The number of carbonyl (C=O) groups excluding carboxylic acids is 3. The average molecular weight is 646 g/mol. The first kappa shape index (κ1) is 31.9. The van der Waals surface area contributed by atoms with Gasteiger partial charge >= 0.3 is 239 Å². The van der Waals surface area contributed by atoms with Gasteiger partial charge in [-0.3, -0.25) is 0 Å². The molecule has 0 bridgehead atoms. The van der Waals surface area contributed by atoms with E-state index in [9.17, 15) is 24.0 Å². The van der Waals surface area contributed by atoms with E-state index in [4.69, 9.17) is 32.3 Å². The van der Waals surface area contributed by atoms with Crippen molar-refractivity contribution in [2.75, 3.05) is 24.7 Å². The number of amides is 3. The molecule has 2 aromatic carbocycles. The Kier molecular flexibility index (Phi) is 13.1. The number of hydrogen-bond acceptors (Lipinski definition) is 8. The second-order valence-electron chi connectivity index (χ2n) is 7.88. The van der Waals surface area contributed by atoms with Crippen molar-refractivity contribution < 1.29 is 38.9 Å². The van der Waals surface area contributed by atoms with Gasteiger partial charge in [-0.25, -0.2) is 0 Å².